The van der Waals surface area contributed by atoms with Gasteiger partial charge in [0.05, 0.1) is 13.2 Å². The van der Waals surface area contributed by atoms with Crippen molar-refractivity contribution in [1.29, 1.82) is 0 Å². The molecule has 0 aromatic heterocycles. The Labute approximate surface area is 165 Å². The van der Waals surface area contributed by atoms with Crippen LogP contribution in [0.2, 0.25) is 0 Å². The van der Waals surface area contributed by atoms with Gasteiger partial charge < -0.3 is 20.3 Å². The Hall–Kier alpha value is -1.59. The number of likely N-dealkylation sites (tertiary alicyclic amines) is 1. The number of ether oxygens (including phenoxy) is 1. The lowest BCUT2D eigenvalue weighted by Crippen LogP contribution is -2.48. The van der Waals surface area contributed by atoms with Gasteiger partial charge in [0.1, 0.15) is 0 Å². The van der Waals surface area contributed by atoms with E-state index < -0.39 is 0 Å². The molecule has 0 bridgehead atoms. The van der Waals surface area contributed by atoms with E-state index in [1.807, 2.05) is 18.2 Å². The molecule has 1 heterocycles. The molecular weight excluding hydrogens is 336 g/mol. The number of piperidine rings is 1. The summed E-state index contributed by atoms with van der Waals surface area (Å²) in [5, 5.41) is 7.02. The summed E-state index contributed by atoms with van der Waals surface area (Å²) >= 11 is 0. The van der Waals surface area contributed by atoms with Crippen molar-refractivity contribution in [2.24, 2.45) is 10.9 Å². The number of nitrogens with one attached hydrogen (secondary N) is 2. The SMILES string of the molecule is CCCN1CCC(NC(=NCC(C)COCc2ccccc2)NCC)CC1. The number of guanidine groups is 1. The molecule has 0 amide bonds. The predicted octanol–water partition coefficient (Wildman–Crippen LogP) is 3.27. The zero-order chi connectivity index (χ0) is 19.3. The Balaban J connectivity index is 1.70. The average Bonchev–Trinajstić information content (AvgIpc) is 2.69. The summed E-state index contributed by atoms with van der Waals surface area (Å²) in [5.74, 6) is 1.34. The van der Waals surface area contributed by atoms with Gasteiger partial charge >= 0.3 is 0 Å². The van der Waals surface area contributed by atoms with E-state index in [1.165, 1.54) is 44.5 Å². The van der Waals surface area contributed by atoms with Gasteiger partial charge in [0.25, 0.3) is 0 Å². The molecule has 1 saturated heterocycles. The normalized spacial score (nSPS) is 17.7. The molecule has 152 valence electrons. The maximum Gasteiger partial charge on any atom is 0.191 e. The maximum absolute atomic E-state index is 5.84. The number of benzene rings is 1. The van der Waals surface area contributed by atoms with Gasteiger partial charge in [0.2, 0.25) is 0 Å². The quantitative estimate of drug-likeness (QED) is 0.487. The largest absolute Gasteiger partial charge is 0.376 e. The van der Waals surface area contributed by atoms with Crippen LogP contribution in [0.15, 0.2) is 35.3 Å². The molecule has 1 aliphatic rings. The first-order valence-corrected chi connectivity index (χ1v) is 10.6. The van der Waals surface area contributed by atoms with Crippen molar-refractivity contribution >= 4 is 5.96 Å². The zero-order valence-electron chi connectivity index (χ0n) is 17.4. The summed E-state index contributed by atoms with van der Waals surface area (Å²) in [6, 6.07) is 10.9. The predicted molar refractivity (Wildman–Crippen MR) is 114 cm³/mol. The Kier molecular flexibility index (Phi) is 10.2. The molecule has 1 atom stereocenters. The first kappa shape index (κ1) is 21.7. The van der Waals surface area contributed by atoms with Gasteiger partial charge in [0.15, 0.2) is 5.96 Å². The number of aliphatic imine (C=N–C) groups is 1. The fraction of sp³-hybridized carbons (Fsp3) is 0.682. The topological polar surface area (TPSA) is 48.9 Å². The second-order valence-electron chi connectivity index (χ2n) is 7.59. The molecule has 1 unspecified atom stereocenters. The van der Waals surface area contributed by atoms with Crippen molar-refractivity contribution in [2.45, 2.75) is 52.7 Å². The third kappa shape index (κ3) is 8.76. The summed E-state index contributed by atoms with van der Waals surface area (Å²) in [4.78, 5) is 7.35. The van der Waals surface area contributed by atoms with E-state index >= 15 is 0 Å². The van der Waals surface area contributed by atoms with Gasteiger partial charge in [-0.05, 0) is 44.2 Å². The van der Waals surface area contributed by atoms with Crippen LogP contribution in [-0.4, -0.2) is 56.2 Å². The van der Waals surface area contributed by atoms with Crippen LogP contribution >= 0.6 is 0 Å². The highest BCUT2D eigenvalue weighted by molar-refractivity contribution is 5.80. The van der Waals surface area contributed by atoms with Crippen LogP contribution in [0.25, 0.3) is 0 Å². The Bertz CT molecular complexity index is 526. The van der Waals surface area contributed by atoms with E-state index in [2.05, 4.69) is 48.4 Å². The highest BCUT2D eigenvalue weighted by Crippen LogP contribution is 2.10. The maximum atomic E-state index is 5.84. The van der Waals surface area contributed by atoms with E-state index in [0.29, 0.717) is 18.6 Å². The molecule has 2 rings (SSSR count). The Morgan fingerprint density at radius 2 is 1.96 bits per heavy atom. The first-order valence-electron chi connectivity index (χ1n) is 10.6. The van der Waals surface area contributed by atoms with Gasteiger partial charge in [-0.3, -0.25) is 4.99 Å². The van der Waals surface area contributed by atoms with Crippen LogP contribution in [-0.2, 0) is 11.3 Å². The Morgan fingerprint density at radius 1 is 1.22 bits per heavy atom. The molecule has 5 nitrogen and oxygen atoms in total. The zero-order valence-corrected chi connectivity index (χ0v) is 17.4. The van der Waals surface area contributed by atoms with E-state index in [-0.39, 0.29) is 0 Å². The third-order valence-corrected chi connectivity index (χ3v) is 4.89. The molecule has 2 N–H and O–H groups in total. The van der Waals surface area contributed by atoms with E-state index in [4.69, 9.17) is 9.73 Å². The van der Waals surface area contributed by atoms with Crippen LogP contribution in [0.4, 0.5) is 0 Å². The van der Waals surface area contributed by atoms with Crippen molar-refractivity contribution < 1.29 is 4.74 Å². The van der Waals surface area contributed by atoms with Crippen molar-refractivity contribution in [2.75, 3.05) is 39.3 Å². The minimum atomic E-state index is 0.399. The monoisotopic (exact) mass is 374 g/mol. The summed E-state index contributed by atoms with van der Waals surface area (Å²) in [7, 11) is 0. The summed E-state index contributed by atoms with van der Waals surface area (Å²) in [5.41, 5.74) is 1.22. The number of rotatable bonds is 10. The lowest BCUT2D eigenvalue weighted by molar-refractivity contribution is 0.0944. The minimum absolute atomic E-state index is 0.399. The second-order valence-corrected chi connectivity index (χ2v) is 7.59. The van der Waals surface area contributed by atoms with Crippen molar-refractivity contribution in [3.8, 4) is 0 Å². The van der Waals surface area contributed by atoms with Crippen LogP contribution in [0, 0.1) is 5.92 Å². The van der Waals surface area contributed by atoms with E-state index in [0.717, 1.165) is 25.7 Å². The fourth-order valence-electron chi connectivity index (χ4n) is 3.38. The van der Waals surface area contributed by atoms with Crippen molar-refractivity contribution in [3.05, 3.63) is 35.9 Å². The van der Waals surface area contributed by atoms with Gasteiger partial charge in [-0.1, -0.05) is 44.2 Å². The number of hydrogen-bond donors (Lipinski definition) is 2. The Morgan fingerprint density at radius 3 is 2.63 bits per heavy atom. The lowest BCUT2D eigenvalue weighted by Gasteiger charge is -2.32. The smallest absolute Gasteiger partial charge is 0.191 e. The highest BCUT2D eigenvalue weighted by Gasteiger charge is 2.19. The molecule has 1 aromatic carbocycles. The average molecular weight is 375 g/mol. The second kappa shape index (κ2) is 12.7. The van der Waals surface area contributed by atoms with Crippen molar-refractivity contribution in [1.82, 2.24) is 15.5 Å². The fourth-order valence-corrected chi connectivity index (χ4v) is 3.38. The standard InChI is InChI=1S/C22H38N4O/c1-4-13-26-14-11-21(12-15-26)25-22(23-5-2)24-16-19(3)17-27-18-20-9-7-6-8-10-20/h6-10,19,21H,4-5,11-18H2,1-3H3,(H2,23,24,25). The first-order chi connectivity index (χ1) is 13.2. The van der Waals surface area contributed by atoms with Gasteiger partial charge in [-0.15, -0.1) is 0 Å². The molecule has 0 spiro atoms. The minimum Gasteiger partial charge on any atom is -0.376 e. The van der Waals surface area contributed by atoms with Gasteiger partial charge in [-0.25, -0.2) is 0 Å². The lowest BCUT2D eigenvalue weighted by atomic mass is 10.1. The van der Waals surface area contributed by atoms with Crippen LogP contribution < -0.4 is 10.6 Å². The molecule has 27 heavy (non-hydrogen) atoms. The number of nitrogens with zero attached hydrogens (tertiary/aromatic N) is 2. The van der Waals surface area contributed by atoms with Crippen LogP contribution in [0.3, 0.4) is 0 Å². The molecule has 0 aliphatic carbocycles. The van der Waals surface area contributed by atoms with Crippen molar-refractivity contribution in [3.63, 3.8) is 0 Å². The third-order valence-electron chi connectivity index (χ3n) is 4.89. The molecule has 1 fully saturated rings. The molecule has 0 radical (unpaired) electrons. The highest BCUT2D eigenvalue weighted by atomic mass is 16.5. The molecular formula is C22H38N4O. The molecule has 5 heteroatoms. The summed E-state index contributed by atoms with van der Waals surface area (Å²) in [6.45, 7) is 13.2. The van der Waals surface area contributed by atoms with Gasteiger partial charge in [-0.2, -0.15) is 0 Å². The summed E-state index contributed by atoms with van der Waals surface area (Å²) in [6.07, 6.45) is 3.63. The molecule has 0 saturated carbocycles. The van der Waals surface area contributed by atoms with Gasteiger partial charge in [0, 0.05) is 32.2 Å². The van der Waals surface area contributed by atoms with Crippen LogP contribution in [0.5, 0.6) is 0 Å². The molecule has 1 aliphatic heterocycles. The summed E-state index contributed by atoms with van der Waals surface area (Å²) < 4.78 is 5.84. The van der Waals surface area contributed by atoms with Crippen LogP contribution in [0.1, 0.15) is 45.6 Å². The molecule has 1 aromatic rings. The van der Waals surface area contributed by atoms with E-state index in [9.17, 15) is 0 Å². The number of hydrogen-bond acceptors (Lipinski definition) is 3. The van der Waals surface area contributed by atoms with E-state index in [1.54, 1.807) is 0 Å².